The van der Waals surface area contributed by atoms with Crippen LogP contribution in [0.15, 0.2) is 180 Å². The van der Waals surface area contributed by atoms with Gasteiger partial charge in [0.15, 0.2) is 0 Å². The minimum absolute atomic E-state index is 0.0249. The third-order valence-electron chi connectivity index (χ3n) is 13.9. The maximum Gasteiger partial charge on any atom is 0.264 e. The van der Waals surface area contributed by atoms with Crippen molar-refractivity contribution < 1.29 is 0 Å². The van der Waals surface area contributed by atoms with E-state index in [1.54, 1.807) is 0 Å². The van der Waals surface area contributed by atoms with E-state index in [0.717, 1.165) is 17.1 Å². The van der Waals surface area contributed by atoms with Gasteiger partial charge in [0.2, 0.25) is 0 Å². The molecular weight excluding hydrogens is 838 g/mol. The molecule has 0 saturated carbocycles. The maximum atomic E-state index is 2.64. The van der Waals surface area contributed by atoms with E-state index in [1.165, 1.54) is 77.0 Å². The predicted octanol–water partition coefficient (Wildman–Crippen LogP) is 15.9. The molecule has 4 heterocycles. The van der Waals surface area contributed by atoms with E-state index in [0.29, 0.717) is 5.92 Å². The molecule has 11 rings (SSSR count). The lowest BCUT2D eigenvalue weighted by Crippen LogP contribution is -2.60. The zero-order chi connectivity index (χ0) is 45.7. The summed E-state index contributed by atoms with van der Waals surface area (Å²) in [4.78, 5) is 9.12. The molecule has 328 valence electrons. The van der Waals surface area contributed by atoms with E-state index in [9.17, 15) is 0 Å². The molecule has 7 aromatic carbocycles. The van der Waals surface area contributed by atoms with Crippen molar-refractivity contribution in [3.05, 3.63) is 197 Å². The number of hydrogen-bond donors (Lipinski definition) is 0. The third kappa shape index (κ3) is 7.02. The number of benzene rings is 7. The van der Waals surface area contributed by atoms with Crippen LogP contribution in [-0.4, -0.2) is 6.71 Å². The first kappa shape index (κ1) is 42.7. The topological polar surface area (TPSA) is 9.72 Å². The number of rotatable bonds is 6. The van der Waals surface area contributed by atoms with Crippen molar-refractivity contribution in [1.82, 2.24) is 0 Å². The molecule has 66 heavy (non-hydrogen) atoms. The molecule has 0 radical (unpaired) electrons. The summed E-state index contributed by atoms with van der Waals surface area (Å²) >= 11 is 4.03. The number of hydrogen-bond acceptors (Lipinski definition) is 5. The van der Waals surface area contributed by atoms with Crippen LogP contribution in [0.4, 0.5) is 51.2 Å². The molecule has 8 aromatic rings. The molecule has 3 aliphatic heterocycles. The monoisotopic (exact) mass is 895 g/mol. The lowest BCUT2D eigenvalue weighted by molar-refractivity contribution is 0.316. The van der Waals surface area contributed by atoms with Gasteiger partial charge in [-0.15, -0.1) is 11.8 Å². The van der Waals surface area contributed by atoms with Crippen LogP contribution in [0.25, 0.3) is 0 Å². The van der Waals surface area contributed by atoms with E-state index in [1.807, 2.05) is 11.3 Å². The summed E-state index contributed by atoms with van der Waals surface area (Å²) in [7, 11) is 0. The Labute approximate surface area is 401 Å². The Hall–Kier alpha value is -5.95. The minimum Gasteiger partial charge on any atom is -0.310 e. The van der Waals surface area contributed by atoms with Gasteiger partial charge >= 0.3 is 0 Å². The summed E-state index contributed by atoms with van der Waals surface area (Å²) in [6, 6.07) is 63.7. The molecule has 0 saturated heterocycles. The van der Waals surface area contributed by atoms with Crippen LogP contribution in [0.3, 0.4) is 0 Å². The van der Waals surface area contributed by atoms with Crippen LogP contribution in [0, 0.1) is 5.41 Å². The zero-order valence-electron chi connectivity index (χ0n) is 39.6. The summed E-state index contributed by atoms with van der Waals surface area (Å²) in [6.07, 6.45) is 0. The smallest absolute Gasteiger partial charge is 0.264 e. The Morgan fingerprint density at radius 2 is 1.06 bits per heavy atom. The first-order valence-electron chi connectivity index (χ1n) is 23.5. The number of para-hydroxylation sites is 3. The molecule has 1 aromatic heterocycles. The normalized spacial score (nSPS) is 16.4. The highest BCUT2D eigenvalue weighted by molar-refractivity contribution is 8.00. The van der Waals surface area contributed by atoms with Gasteiger partial charge in [-0.05, 0) is 115 Å². The molecule has 0 N–H and O–H groups in total. The molecule has 3 nitrogen and oxygen atoms in total. The van der Waals surface area contributed by atoms with Gasteiger partial charge in [0.25, 0.3) is 6.71 Å². The lowest BCUT2D eigenvalue weighted by atomic mass is 9.36. The number of thiophene rings is 1. The van der Waals surface area contributed by atoms with E-state index in [4.69, 9.17) is 0 Å². The van der Waals surface area contributed by atoms with Gasteiger partial charge < -0.3 is 14.7 Å². The van der Waals surface area contributed by atoms with Crippen LogP contribution in [0.2, 0.25) is 0 Å². The van der Waals surface area contributed by atoms with Gasteiger partial charge in [-0.3, -0.25) is 0 Å². The van der Waals surface area contributed by atoms with Crippen molar-refractivity contribution in [3.63, 3.8) is 0 Å². The molecule has 2 atom stereocenters. The highest BCUT2D eigenvalue weighted by atomic mass is 32.2. The Morgan fingerprint density at radius 1 is 0.530 bits per heavy atom. The highest BCUT2D eigenvalue weighted by Gasteiger charge is 2.50. The third-order valence-corrected chi connectivity index (χ3v) is 16.4. The second-order valence-corrected chi connectivity index (χ2v) is 23.5. The average Bonchev–Trinajstić information content (AvgIpc) is 3.94. The second kappa shape index (κ2) is 15.9. The van der Waals surface area contributed by atoms with Gasteiger partial charge in [-0.2, -0.15) is 11.3 Å². The first-order chi connectivity index (χ1) is 31.7. The molecule has 2 unspecified atom stereocenters. The van der Waals surface area contributed by atoms with Gasteiger partial charge in [-0.25, -0.2) is 0 Å². The largest absolute Gasteiger partial charge is 0.310 e. The summed E-state index contributed by atoms with van der Waals surface area (Å²) in [6.45, 7) is 21.4. The number of anilines is 9. The molecule has 0 spiro atoms. The highest BCUT2D eigenvalue weighted by Crippen LogP contribution is 2.64. The Kier molecular flexibility index (Phi) is 10.2. The van der Waals surface area contributed by atoms with Crippen LogP contribution in [-0.2, 0) is 10.8 Å². The maximum absolute atomic E-state index is 2.64. The van der Waals surface area contributed by atoms with Crippen molar-refractivity contribution >= 4 is 96.7 Å². The fraction of sp³-hybridized carbons (Fsp3) is 0.233. The molecule has 0 fully saturated rings. The van der Waals surface area contributed by atoms with Gasteiger partial charge in [-0.1, -0.05) is 172 Å². The summed E-state index contributed by atoms with van der Waals surface area (Å²) < 4.78 is 1.41. The quantitative estimate of drug-likeness (QED) is 0.154. The van der Waals surface area contributed by atoms with Gasteiger partial charge in [0, 0.05) is 55.0 Å². The minimum atomic E-state index is -0.101. The first-order valence-corrected chi connectivity index (χ1v) is 25.3. The standard InChI is InChI=1S/C60H58BN3S2/c1-58(2,3)40-30-32-44(33-31-40)63-49-36-45(62(41-24-16-11-17-25-41)42-26-18-12-19-27-42)37-50-52(49)61(57-53(63)47(38-65-57)59(4,5)6)48-35-34-46-51(60(7,8)9)55(39-22-14-10-15-23-39)66-56(46)54(48)64(50)43-28-20-13-21-29-43/h10-38,51,55H,1-9H3. The van der Waals surface area contributed by atoms with E-state index < -0.39 is 0 Å². The van der Waals surface area contributed by atoms with Crippen LogP contribution < -0.4 is 30.4 Å². The summed E-state index contributed by atoms with van der Waals surface area (Å²) in [5, 5.41) is 2.75. The van der Waals surface area contributed by atoms with Gasteiger partial charge in [0.05, 0.1) is 17.1 Å². The fourth-order valence-electron chi connectivity index (χ4n) is 10.8. The Bertz CT molecular complexity index is 3030. The van der Waals surface area contributed by atoms with Crippen molar-refractivity contribution in [3.8, 4) is 0 Å². The second-order valence-electron chi connectivity index (χ2n) is 21.5. The Morgan fingerprint density at radius 3 is 1.61 bits per heavy atom. The summed E-state index contributed by atoms with van der Waals surface area (Å²) in [5.74, 6) is 0.320. The molecule has 0 amide bonds. The van der Waals surface area contributed by atoms with Crippen LogP contribution in [0.5, 0.6) is 0 Å². The van der Waals surface area contributed by atoms with Crippen LogP contribution in [0.1, 0.15) is 95.7 Å². The predicted molar refractivity (Wildman–Crippen MR) is 288 cm³/mol. The number of thioether (sulfide) groups is 1. The van der Waals surface area contributed by atoms with Crippen LogP contribution >= 0.6 is 23.1 Å². The molecule has 6 heteroatoms. The van der Waals surface area contributed by atoms with Crippen molar-refractivity contribution in [2.75, 3.05) is 14.7 Å². The lowest BCUT2D eigenvalue weighted by Gasteiger charge is -2.45. The molecular formula is C60H58BN3S2. The van der Waals surface area contributed by atoms with Crippen molar-refractivity contribution in [2.45, 2.75) is 89.2 Å². The van der Waals surface area contributed by atoms with E-state index in [-0.39, 0.29) is 28.2 Å². The molecule has 0 aliphatic carbocycles. The van der Waals surface area contributed by atoms with Crippen molar-refractivity contribution in [2.24, 2.45) is 5.41 Å². The Balaban J connectivity index is 1.27. The summed E-state index contributed by atoms with van der Waals surface area (Å²) in [5.41, 5.74) is 19.0. The number of fused-ring (bicyclic) bond motifs is 6. The molecule has 0 bridgehead atoms. The van der Waals surface area contributed by atoms with E-state index >= 15 is 0 Å². The zero-order valence-corrected chi connectivity index (χ0v) is 41.3. The molecule has 3 aliphatic rings. The average molecular weight is 896 g/mol. The van der Waals surface area contributed by atoms with Gasteiger partial charge in [0.1, 0.15) is 0 Å². The SMILES string of the molecule is CC(C)(C)c1ccc(N2c3cc(N(c4ccccc4)c4ccccc4)cc4c3B(c3ccc5c(c3N4c3ccccc3)SC(c3ccccc3)C5C(C)(C)C)c3scc(C(C)(C)C)c32)cc1. The van der Waals surface area contributed by atoms with E-state index in [2.05, 4.69) is 264 Å². The fourth-order valence-corrected chi connectivity index (χ4v) is 14.1. The number of nitrogens with zero attached hydrogens (tertiary/aromatic N) is 3. The van der Waals surface area contributed by atoms with Crippen molar-refractivity contribution in [1.29, 1.82) is 0 Å².